The fraction of sp³-hybridized carbons (Fsp3) is 0.375. The molecule has 1 amide bonds. The summed E-state index contributed by atoms with van der Waals surface area (Å²) in [5, 5.41) is 0. The highest BCUT2D eigenvalue weighted by molar-refractivity contribution is 5.75. The van der Waals surface area contributed by atoms with Crippen molar-refractivity contribution in [3.8, 4) is 11.5 Å². The predicted molar refractivity (Wildman–Crippen MR) is 155 cm³/mol. The van der Waals surface area contributed by atoms with Crippen LogP contribution in [-0.4, -0.2) is 29.9 Å². The van der Waals surface area contributed by atoms with Gasteiger partial charge in [0, 0.05) is 26.6 Å². The van der Waals surface area contributed by atoms with Gasteiger partial charge in [-0.3, -0.25) is 9.79 Å². The van der Waals surface area contributed by atoms with E-state index < -0.39 is 0 Å². The van der Waals surface area contributed by atoms with Crippen LogP contribution in [0.4, 0.5) is 0 Å². The van der Waals surface area contributed by atoms with Crippen molar-refractivity contribution in [2.45, 2.75) is 52.4 Å². The van der Waals surface area contributed by atoms with E-state index in [1.807, 2.05) is 83.8 Å². The van der Waals surface area contributed by atoms with Crippen molar-refractivity contribution in [2.24, 2.45) is 28.3 Å². The minimum absolute atomic E-state index is 0.0671. The van der Waals surface area contributed by atoms with Crippen molar-refractivity contribution in [1.82, 2.24) is 4.90 Å². The number of hydrogen-bond acceptors (Lipinski definition) is 4. The molecule has 0 saturated heterocycles. The Morgan fingerprint density at radius 1 is 0.846 bits per heavy atom. The smallest absolute Gasteiger partial charge is 0.219 e. The summed E-state index contributed by atoms with van der Waals surface area (Å²) in [6.45, 7) is 4.42. The molecule has 206 valence electrons. The molecule has 4 N–H and O–H groups in total. The summed E-state index contributed by atoms with van der Waals surface area (Å²) >= 11 is 0. The van der Waals surface area contributed by atoms with Crippen LogP contribution in [0.25, 0.3) is 0 Å². The molecule has 3 aromatic carbocycles. The maximum absolute atomic E-state index is 12.7. The molecule has 0 heterocycles. The minimum Gasteiger partial charge on any atom is -0.485 e. The molecule has 1 fully saturated rings. The van der Waals surface area contributed by atoms with Gasteiger partial charge >= 0.3 is 0 Å². The van der Waals surface area contributed by atoms with Crippen molar-refractivity contribution in [2.75, 3.05) is 13.1 Å². The molecule has 7 heteroatoms. The third-order valence-electron chi connectivity index (χ3n) is 7.20. The highest BCUT2D eigenvalue weighted by Gasteiger charge is 2.25. The van der Waals surface area contributed by atoms with Gasteiger partial charge in [0.25, 0.3) is 0 Å². The van der Waals surface area contributed by atoms with Crippen LogP contribution in [0.5, 0.6) is 11.5 Å². The van der Waals surface area contributed by atoms with E-state index in [1.165, 1.54) is 0 Å². The second-order valence-corrected chi connectivity index (χ2v) is 10.4. The number of amides is 1. The molecule has 1 aliphatic carbocycles. The van der Waals surface area contributed by atoms with Gasteiger partial charge in [0.1, 0.15) is 13.2 Å². The third kappa shape index (κ3) is 9.06. The van der Waals surface area contributed by atoms with Crippen LogP contribution in [0.1, 0.15) is 49.3 Å². The van der Waals surface area contributed by atoms with Crippen LogP contribution in [0.2, 0.25) is 0 Å². The molecule has 0 spiro atoms. The van der Waals surface area contributed by atoms with Gasteiger partial charge in [-0.1, -0.05) is 73.2 Å². The number of nitrogens with two attached hydrogens (primary N) is 2. The van der Waals surface area contributed by atoms with Crippen molar-refractivity contribution in [1.29, 1.82) is 0 Å². The average Bonchev–Trinajstić information content (AvgIpc) is 2.95. The van der Waals surface area contributed by atoms with Gasteiger partial charge in [0.15, 0.2) is 17.5 Å². The SMILES string of the molecule is CC(=O)N(Cc1ccc(OCc2ccccc2)c(OCc2ccccc2)c1)CC1CCCC(CN=C(N)N)C1. The van der Waals surface area contributed by atoms with E-state index in [-0.39, 0.29) is 11.9 Å². The second-order valence-electron chi connectivity index (χ2n) is 10.4. The summed E-state index contributed by atoms with van der Waals surface area (Å²) in [5.41, 5.74) is 14.2. The fourth-order valence-electron chi connectivity index (χ4n) is 5.16. The highest BCUT2D eigenvalue weighted by Crippen LogP contribution is 2.32. The largest absolute Gasteiger partial charge is 0.485 e. The van der Waals surface area contributed by atoms with Crippen LogP contribution in [0.15, 0.2) is 83.9 Å². The lowest BCUT2D eigenvalue weighted by atomic mass is 9.81. The zero-order valence-corrected chi connectivity index (χ0v) is 22.8. The number of carbonyl (C=O) groups is 1. The highest BCUT2D eigenvalue weighted by atomic mass is 16.5. The molecule has 0 bridgehead atoms. The van der Waals surface area contributed by atoms with Crippen LogP contribution >= 0.6 is 0 Å². The first-order valence-corrected chi connectivity index (χ1v) is 13.7. The average molecular weight is 529 g/mol. The van der Waals surface area contributed by atoms with Crippen molar-refractivity contribution in [3.63, 3.8) is 0 Å². The Kier molecular flexibility index (Phi) is 10.2. The summed E-state index contributed by atoms with van der Waals surface area (Å²) in [7, 11) is 0. The van der Waals surface area contributed by atoms with Crippen LogP contribution in [0, 0.1) is 11.8 Å². The molecule has 4 rings (SSSR count). The van der Waals surface area contributed by atoms with Crippen LogP contribution in [0.3, 0.4) is 0 Å². The van der Waals surface area contributed by atoms with Gasteiger partial charge in [0.2, 0.25) is 5.91 Å². The fourth-order valence-corrected chi connectivity index (χ4v) is 5.16. The van der Waals surface area contributed by atoms with Gasteiger partial charge in [0.05, 0.1) is 0 Å². The Morgan fingerprint density at radius 2 is 1.46 bits per heavy atom. The molecule has 1 saturated carbocycles. The monoisotopic (exact) mass is 528 g/mol. The van der Waals surface area contributed by atoms with Gasteiger partial charge in [-0.2, -0.15) is 0 Å². The standard InChI is InChI=1S/C32H40N4O3/c1-24(37)36(20-28-14-8-13-27(17-28)19-35-32(33)34)21-29-15-16-30(38-22-25-9-4-2-5-10-25)31(18-29)39-23-26-11-6-3-7-12-26/h2-7,9-12,15-16,18,27-28H,8,13-14,17,19-23H2,1H3,(H4,33,34,35). The van der Waals surface area contributed by atoms with Crippen LogP contribution < -0.4 is 20.9 Å². The molecule has 7 nitrogen and oxygen atoms in total. The van der Waals surface area contributed by atoms with Gasteiger partial charge in [-0.25, -0.2) is 0 Å². The second kappa shape index (κ2) is 14.2. The Bertz CT molecular complexity index is 1210. The van der Waals surface area contributed by atoms with Crippen molar-refractivity contribution < 1.29 is 14.3 Å². The Morgan fingerprint density at radius 3 is 2.08 bits per heavy atom. The van der Waals surface area contributed by atoms with E-state index in [0.717, 1.165) is 48.9 Å². The number of carbonyl (C=O) groups excluding carboxylic acids is 1. The van der Waals surface area contributed by atoms with E-state index in [2.05, 4.69) is 4.99 Å². The van der Waals surface area contributed by atoms with Gasteiger partial charge in [-0.15, -0.1) is 0 Å². The quantitative estimate of drug-likeness (QED) is 0.246. The third-order valence-corrected chi connectivity index (χ3v) is 7.20. The Labute approximate surface area is 231 Å². The summed E-state index contributed by atoms with van der Waals surface area (Å²) in [6, 6.07) is 26.1. The zero-order valence-electron chi connectivity index (χ0n) is 22.8. The number of guanidine groups is 1. The lowest BCUT2D eigenvalue weighted by molar-refractivity contribution is -0.130. The van der Waals surface area contributed by atoms with Gasteiger partial charge < -0.3 is 25.8 Å². The van der Waals surface area contributed by atoms with Crippen LogP contribution in [-0.2, 0) is 24.6 Å². The van der Waals surface area contributed by atoms with Crippen molar-refractivity contribution >= 4 is 11.9 Å². The van der Waals surface area contributed by atoms with Crippen molar-refractivity contribution in [3.05, 3.63) is 95.6 Å². The normalized spacial score (nSPS) is 16.7. The lowest BCUT2D eigenvalue weighted by Gasteiger charge is -2.32. The molecule has 39 heavy (non-hydrogen) atoms. The first kappa shape index (κ1) is 28.0. The minimum atomic E-state index is 0.0671. The summed E-state index contributed by atoms with van der Waals surface area (Å²) < 4.78 is 12.4. The van der Waals surface area contributed by atoms with E-state index in [4.69, 9.17) is 20.9 Å². The first-order valence-electron chi connectivity index (χ1n) is 13.7. The Hall–Kier alpha value is -4.00. The summed E-state index contributed by atoms with van der Waals surface area (Å²) in [6.07, 6.45) is 4.39. The summed E-state index contributed by atoms with van der Waals surface area (Å²) in [4.78, 5) is 18.8. The Balaban J connectivity index is 1.45. The topological polar surface area (TPSA) is 103 Å². The molecule has 3 aromatic rings. The molecular formula is C32H40N4O3. The number of ether oxygens (including phenoxy) is 2. The predicted octanol–water partition coefficient (Wildman–Crippen LogP) is 5.27. The number of aliphatic imine (C=N–C) groups is 1. The first-order chi connectivity index (χ1) is 19.0. The van der Waals surface area contributed by atoms with E-state index in [9.17, 15) is 4.79 Å². The maximum atomic E-state index is 12.7. The number of nitrogens with zero attached hydrogens (tertiary/aromatic N) is 2. The molecule has 0 aliphatic heterocycles. The van der Waals surface area contributed by atoms with E-state index in [1.54, 1.807) is 6.92 Å². The van der Waals surface area contributed by atoms with E-state index in [0.29, 0.717) is 49.6 Å². The number of rotatable bonds is 12. The molecule has 1 aliphatic rings. The zero-order chi connectivity index (χ0) is 27.5. The molecular weight excluding hydrogens is 488 g/mol. The number of benzene rings is 3. The molecule has 0 aromatic heterocycles. The summed E-state index contributed by atoms with van der Waals surface area (Å²) in [5.74, 6) is 2.46. The maximum Gasteiger partial charge on any atom is 0.219 e. The molecule has 2 unspecified atom stereocenters. The molecule has 0 radical (unpaired) electrons. The lowest BCUT2D eigenvalue weighted by Crippen LogP contribution is -2.35. The van der Waals surface area contributed by atoms with E-state index >= 15 is 0 Å². The van der Waals surface area contributed by atoms with Gasteiger partial charge in [-0.05, 0) is 59.9 Å². The molecule has 2 atom stereocenters. The number of hydrogen-bond donors (Lipinski definition) is 2.